The highest BCUT2D eigenvalue weighted by Crippen LogP contribution is 2.38. The van der Waals surface area contributed by atoms with Crippen molar-refractivity contribution in [1.29, 1.82) is 0 Å². The van der Waals surface area contributed by atoms with Crippen LogP contribution in [0.25, 0.3) is 0 Å². The molecule has 0 aromatic carbocycles. The number of ether oxygens (including phenoxy) is 2. The lowest BCUT2D eigenvalue weighted by molar-refractivity contribution is -0.150. The number of anilines is 1. The number of carbonyl (C=O) groups is 3. The van der Waals surface area contributed by atoms with Crippen molar-refractivity contribution < 1.29 is 23.9 Å². The molecule has 1 aliphatic heterocycles. The van der Waals surface area contributed by atoms with E-state index in [-0.39, 0.29) is 24.3 Å². The average Bonchev–Trinajstić information content (AvgIpc) is 3.05. The third-order valence-corrected chi connectivity index (χ3v) is 6.51. The summed E-state index contributed by atoms with van der Waals surface area (Å²) in [6, 6.07) is 0. The van der Waals surface area contributed by atoms with Crippen LogP contribution in [0.3, 0.4) is 0 Å². The van der Waals surface area contributed by atoms with E-state index in [0.29, 0.717) is 23.7 Å². The summed E-state index contributed by atoms with van der Waals surface area (Å²) < 4.78 is 10.1. The summed E-state index contributed by atoms with van der Waals surface area (Å²) in [5.41, 5.74) is 1.54. The fourth-order valence-electron chi connectivity index (χ4n) is 3.99. The number of carbonyl (C=O) groups excluding carboxylic acids is 3. The molecule has 7 nitrogen and oxygen atoms in total. The maximum Gasteiger partial charge on any atom is 0.341 e. The van der Waals surface area contributed by atoms with Gasteiger partial charge in [-0.15, -0.1) is 11.3 Å². The van der Waals surface area contributed by atoms with Crippen LogP contribution in [-0.2, 0) is 31.9 Å². The molecule has 8 heteroatoms. The minimum Gasteiger partial charge on any atom is -0.466 e. The van der Waals surface area contributed by atoms with Crippen molar-refractivity contribution >= 4 is 34.2 Å². The molecule has 0 saturated carbocycles. The summed E-state index contributed by atoms with van der Waals surface area (Å²) >= 11 is 1.48. The first-order valence-corrected chi connectivity index (χ1v) is 10.8. The summed E-state index contributed by atoms with van der Waals surface area (Å²) in [6.45, 7) is 3.66. The number of piperidine rings is 1. The van der Waals surface area contributed by atoms with E-state index in [1.165, 1.54) is 23.3 Å². The molecule has 1 aromatic rings. The standard InChI is InChI=1S/C20H28N2O5S/c1-3-27-19(24)13-7-6-10-22(11-13)12-16(23)21-18-17(20(25)26-2)14-8-4-5-9-15(14)28-18/h13H,3-12H2,1-2H3,(H,21,23)/t13-/m1/s1. The number of fused-ring (bicyclic) bond motifs is 1. The van der Waals surface area contributed by atoms with Gasteiger partial charge in [0, 0.05) is 11.4 Å². The molecular formula is C20H28N2O5S. The Kier molecular flexibility index (Phi) is 7.07. The molecule has 0 spiro atoms. The van der Waals surface area contributed by atoms with E-state index in [4.69, 9.17) is 9.47 Å². The summed E-state index contributed by atoms with van der Waals surface area (Å²) in [5, 5.41) is 3.51. The number of methoxy groups -OCH3 is 1. The van der Waals surface area contributed by atoms with Crippen LogP contribution in [-0.4, -0.2) is 56.1 Å². The summed E-state index contributed by atoms with van der Waals surface area (Å²) in [7, 11) is 1.37. The lowest BCUT2D eigenvalue weighted by atomic mass is 9.95. The molecule has 0 unspecified atom stereocenters. The number of esters is 2. The number of nitrogens with zero attached hydrogens (tertiary/aromatic N) is 1. The number of amides is 1. The predicted molar refractivity (Wildman–Crippen MR) is 107 cm³/mol. The Morgan fingerprint density at radius 1 is 1.21 bits per heavy atom. The van der Waals surface area contributed by atoms with Gasteiger partial charge in [0.05, 0.1) is 31.7 Å². The molecule has 2 aliphatic rings. The van der Waals surface area contributed by atoms with Crippen LogP contribution in [0.4, 0.5) is 5.00 Å². The summed E-state index contributed by atoms with van der Waals surface area (Å²) in [6.07, 6.45) is 5.58. The number of nitrogens with one attached hydrogen (secondary N) is 1. The van der Waals surface area contributed by atoms with E-state index >= 15 is 0 Å². The van der Waals surface area contributed by atoms with E-state index in [1.807, 2.05) is 4.90 Å². The van der Waals surface area contributed by atoms with Crippen molar-refractivity contribution in [3.05, 3.63) is 16.0 Å². The van der Waals surface area contributed by atoms with Gasteiger partial charge in [-0.05, 0) is 57.6 Å². The Balaban J connectivity index is 1.65. The second-order valence-corrected chi connectivity index (χ2v) is 8.39. The number of thiophene rings is 1. The van der Waals surface area contributed by atoms with Gasteiger partial charge in [-0.1, -0.05) is 0 Å². The Hall–Kier alpha value is -1.93. The molecule has 0 bridgehead atoms. The highest BCUT2D eigenvalue weighted by Gasteiger charge is 2.30. The average molecular weight is 409 g/mol. The number of likely N-dealkylation sites (tertiary alicyclic amines) is 1. The highest BCUT2D eigenvalue weighted by molar-refractivity contribution is 7.17. The second-order valence-electron chi connectivity index (χ2n) is 7.28. The van der Waals surface area contributed by atoms with Crippen LogP contribution in [0.5, 0.6) is 0 Å². The Bertz CT molecular complexity index is 745. The third kappa shape index (κ3) is 4.72. The van der Waals surface area contributed by atoms with Gasteiger partial charge in [-0.2, -0.15) is 0 Å². The first-order chi connectivity index (χ1) is 13.5. The molecule has 1 amide bonds. The first-order valence-electron chi connectivity index (χ1n) is 9.95. The SMILES string of the molecule is CCOC(=O)[C@@H]1CCCN(CC(=O)Nc2sc3c(c2C(=O)OC)CCCC3)C1. The van der Waals surface area contributed by atoms with Crippen molar-refractivity contribution in [2.75, 3.05) is 38.7 Å². The van der Waals surface area contributed by atoms with E-state index in [0.717, 1.165) is 50.6 Å². The van der Waals surface area contributed by atoms with Crippen LogP contribution in [0, 0.1) is 5.92 Å². The number of hydrogen-bond donors (Lipinski definition) is 1. The molecule has 28 heavy (non-hydrogen) atoms. The van der Waals surface area contributed by atoms with E-state index in [1.54, 1.807) is 6.92 Å². The monoisotopic (exact) mass is 408 g/mol. The van der Waals surface area contributed by atoms with E-state index < -0.39 is 5.97 Å². The van der Waals surface area contributed by atoms with E-state index in [2.05, 4.69) is 5.32 Å². The molecule has 1 saturated heterocycles. The molecule has 0 radical (unpaired) electrons. The normalized spacial score (nSPS) is 19.6. The molecule has 3 rings (SSSR count). The number of hydrogen-bond acceptors (Lipinski definition) is 7. The molecular weight excluding hydrogens is 380 g/mol. The van der Waals surface area contributed by atoms with Crippen LogP contribution in [0.2, 0.25) is 0 Å². The molecule has 1 N–H and O–H groups in total. The van der Waals surface area contributed by atoms with Gasteiger partial charge in [-0.3, -0.25) is 14.5 Å². The van der Waals surface area contributed by atoms with Gasteiger partial charge >= 0.3 is 11.9 Å². The lowest BCUT2D eigenvalue weighted by Crippen LogP contribution is -2.43. The zero-order valence-electron chi connectivity index (χ0n) is 16.5. The zero-order valence-corrected chi connectivity index (χ0v) is 17.4. The van der Waals surface area contributed by atoms with E-state index in [9.17, 15) is 14.4 Å². The van der Waals surface area contributed by atoms with Crippen LogP contribution in [0.15, 0.2) is 0 Å². The quantitative estimate of drug-likeness (QED) is 0.729. The van der Waals surface area contributed by atoms with Gasteiger partial charge in [0.15, 0.2) is 0 Å². The van der Waals surface area contributed by atoms with Gasteiger partial charge in [0.1, 0.15) is 5.00 Å². The number of rotatable bonds is 6. The predicted octanol–water partition coefficient (Wildman–Crippen LogP) is 2.63. The highest BCUT2D eigenvalue weighted by atomic mass is 32.1. The molecule has 1 atom stereocenters. The van der Waals surface area contributed by atoms with Crippen molar-refractivity contribution in [2.45, 2.75) is 45.4 Å². The largest absolute Gasteiger partial charge is 0.466 e. The molecule has 2 heterocycles. The Morgan fingerprint density at radius 2 is 2.00 bits per heavy atom. The minimum atomic E-state index is -0.393. The van der Waals surface area contributed by atoms with Crippen LogP contribution < -0.4 is 5.32 Å². The topological polar surface area (TPSA) is 84.9 Å². The van der Waals surface area contributed by atoms with Crippen LogP contribution >= 0.6 is 11.3 Å². The van der Waals surface area contributed by atoms with Crippen molar-refractivity contribution in [3.8, 4) is 0 Å². The fourth-order valence-corrected chi connectivity index (χ4v) is 5.29. The zero-order chi connectivity index (χ0) is 20.1. The lowest BCUT2D eigenvalue weighted by Gasteiger charge is -2.30. The van der Waals surface area contributed by atoms with Gasteiger partial charge in [-0.25, -0.2) is 4.79 Å². The summed E-state index contributed by atoms with van der Waals surface area (Å²) in [4.78, 5) is 40.1. The second kappa shape index (κ2) is 9.52. The Morgan fingerprint density at radius 3 is 2.75 bits per heavy atom. The van der Waals surface area contributed by atoms with Gasteiger partial charge in [0.25, 0.3) is 0 Å². The third-order valence-electron chi connectivity index (χ3n) is 5.31. The van der Waals surface area contributed by atoms with Crippen molar-refractivity contribution in [1.82, 2.24) is 4.90 Å². The Labute approximate surface area is 169 Å². The van der Waals surface area contributed by atoms with Crippen molar-refractivity contribution in [2.24, 2.45) is 5.92 Å². The minimum absolute atomic E-state index is 0.173. The first kappa shape index (κ1) is 20.8. The number of aryl methyl sites for hydroxylation is 1. The van der Waals surface area contributed by atoms with Crippen LogP contribution in [0.1, 0.15) is 53.4 Å². The van der Waals surface area contributed by atoms with Crippen molar-refractivity contribution in [3.63, 3.8) is 0 Å². The molecule has 1 aromatic heterocycles. The fraction of sp³-hybridized carbons (Fsp3) is 0.650. The molecule has 1 aliphatic carbocycles. The molecule has 154 valence electrons. The smallest absolute Gasteiger partial charge is 0.341 e. The summed E-state index contributed by atoms with van der Waals surface area (Å²) in [5.74, 6) is -0.934. The van der Waals surface area contributed by atoms with Gasteiger partial charge in [0.2, 0.25) is 5.91 Å². The van der Waals surface area contributed by atoms with Gasteiger partial charge < -0.3 is 14.8 Å². The maximum absolute atomic E-state index is 12.6. The maximum atomic E-state index is 12.6. The molecule has 1 fully saturated rings.